The van der Waals surface area contributed by atoms with Gasteiger partial charge in [0.15, 0.2) is 6.29 Å². The van der Waals surface area contributed by atoms with Crippen molar-refractivity contribution in [2.75, 3.05) is 0 Å². The van der Waals surface area contributed by atoms with Crippen molar-refractivity contribution in [2.45, 2.75) is 13.2 Å². The summed E-state index contributed by atoms with van der Waals surface area (Å²) in [5.74, 6) is 0.758. The Labute approximate surface area is 98.6 Å². The third kappa shape index (κ3) is 2.74. The largest absolute Gasteiger partial charge is 0.463 e. The molecular formula is C8H8I2O2. The summed E-state index contributed by atoms with van der Waals surface area (Å²) in [5, 5.41) is 9.03. The van der Waals surface area contributed by atoms with Crippen LogP contribution in [0.1, 0.15) is 6.92 Å². The third-order valence-electron chi connectivity index (χ3n) is 1.21. The van der Waals surface area contributed by atoms with Crippen molar-refractivity contribution < 1.29 is 9.84 Å². The highest BCUT2D eigenvalue weighted by molar-refractivity contribution is 14.1. The Bertz CT molecular complexity index is 254. The number of hydrogen-bond donors (Lipinski definition) is 1. The quantitative estimate of drug-likeness (QED) is 0.622. The van der Waals surface area contributed by atoms with Gasteiger partial charge in [-0.2, -0.15) is 0 Å². The summed E-state index contributed by atoms with van der Waals surface area (Å²) in [7, 11) is 0. The predicted octanol–water partition coefficient (Wildman–Crippen LogP) is 2.61. The summed E-state index contributed by atoms with van der Waals surface area (Å²) < 4.78 is 7.24. The summed E-state index contributed by atoms with van der Waals surface area (Å²) in [6.07, 6.45) is -0.755. The van der Waals surface area contributed by atoms with E-state index in [0.29, 0.717) is 0 Å². The molecule has 1 rings (SSSR count). The first-order chi connectivity index (χ1) is 5.61. The van der Waals surface area contributed by atoms with Crippen LogP contribution in [0.15, 0.2) is 18.2 Å². The molecule has 0 saturated heterocycles. The molecule has 0 bridgehead atoms. The van der Waals surface area contributed by atoms with E-state index in [0.717, 1.165) is 12.9 Å². The molecule has 4 heteroatoms. The van der Waals surface area contributed by atoms with E-state index < -0.39 is 6.29 Å². The second-order valence-electron chi connectivity index (χ2n) is 2.27. The van der Waals surface area contributed by atoms with Gasteiger partial charge >= 0.3 is 0 Å². The molecular weight excluding hydrogens is 382 g/mol. The molecule has 12 heavy (non-hydrogen) atoms. The number of halogens is 2. The van der Waals surface area contributed by atoms with E-state index in [1.54, 1.807) is 6.92 Å². The minimum atomic E-state index is -0.755. The van der Waals surface area contributed by atoms with Crippen LogP contribution in [0, 0.1) is 7.14 Å². The number of benzene rings is 1. The molecule has 2 nitrogen and oxygen atoms in total. The van der Waals surface area contributed by atoms with E-state index in [2.05, 4.69) is 45.2 Å². The lowest BCUT2D eigenvalue weighted by Crippen LogP contribution is -2.11. The van der Waals surface area contributed by atoms with Gasteiger partial charge in [-0.3, -0.25) is 0 Å². The minimum Gasteiger partial charge on any atom is -0.463 e. The SMILES string of the molecule is CC(O)Oc1c(I)cccc1I. The first-order valence-electron chi connectivity index (χ1n) is 3.40. The molecule has 1 aromatic carbocycles. The van der Waals surface area contributed by atoms with Gasteiger partial charge in [-0.15, -0.1) is 0 Å². The number of hydrogen-bond acceptors (Lipinski definition) is 2. The zero-order valence-electron chi connectivity index (χ0n) is 6.42. The van der Waals surface area contributed by atoms with E-state index in [1.807, 2.05) is 18.2 Å². The van der Waals surface area contributed by atoms with Crippen LogP contribution in [0.2, 0.25) is 0 Å². The lowest BCUT2D eigenvalue weighted by Gasteiger charge is -2.11. The zero-order chi connectivity index (χ0) is 9.14. The Kier molecular flexibility index (Phi) is 4.04. The highest BCUT2D eigenvalue weighted by atomic mass is 127. The van der Waals surface area contributed by atoms with Crippen LogP contribution in [-0.4, -0.2) is 11.4 Å². The van der Waals surface area contributed by atoms with Gasteiger partial charge < -0.3 is 9.84 Å². The van der Waals surface area contributed by atoms with Crippen molar-refractivity contribution in [3.63, 3.8) is 0 Å². The Morgan fingerprint density at radius 3 is 2.25 bits per heavy atom. The molecule has 0 aliphatic heterocycles. The third-order valence-corrected chi connectivity index (χ3v) is 2.91. The molecule has 0 heterocycles. The van der Waals surface area contributed by atoms with E-state index in [9.17, 15) is 0 Å². The molecule has 0 aliphatic rings. The molecule has 66 valence electrons. The van der Waals surface area contributed by atoms with E-state index in [1.165, 1.54) is 0 Å². The monoisotopic (exact) mass is 390 g/mol. The van der Waals surface area contributed by atoms with Gasteiger partial charge in [0.1, 0.15) is 5.75 Å². The first kappa shape index (κ1) is 10.5. The molecule has 0 spiro atoms. The van der Waals surface area contributed by atoms with Gasteiger partial charge in [-0.05, 0) is 64.2 Å². The van der Waals surface area contributed by atoms with Crippen molar-refractivity contribution >= 4 is 45.2 Å². The molecule has 1 unspecified atom stereocenters. The van der Waals surface area contributed by atoms with Crippen molar-refractivity contribution in [2.24, 2.45) is 0 Å². The average Bonchev–Trinajstić information content (AvgIpc) is 1.97. The zero-order valence-corrected chi connectivity index (χ0v) is 10.7. The number of rotatable bonds is 2. The molecule has 0 amide bonds. The fourth-order valence-corrected chi connectivity index (χ4v) is 2.53. The molecule has 0 fully saturated rings. The summed E-state index contributed by atoms with van der Waals surface area (Å²) >= 11 is 4.36. The smallest absolute Gasteiger partial charge is 0.194 e. The standard InChI is InChI=1S/C8H8I2O2/c1-5(11)12-8-6(9)3-2-4-7(8)10/h2-5,11H,1H3. The van der Waals surface area contributed by atoms with E-state index in [-0.39, 0.29) is 0 Å². The van der Waals surface area contributed by atoms with Gasteiger partial charge in [0.05, 0.1) is 7.14 Å². The lowest BCUT2D eigenvalue weighted by atomic mass is 10.3. The van der Waals surface area contributed by atoms with Gasteiger partial charge in [0, 0.05) is 0 Å². The van der Waals surface area contributed by atoms with Crippen molar-refractivity contribution in [1.29, 1.82) is 0 Å². The maximum Gasteiger partial charge on any atom is 0.194 e. The summed E-state index contributed by atoms with van der Waals surface area (Å²) in [5.41, 5.74) is 0. The van der Waals surface area contributed by atoms with Gasteiger partial charge in [-0.25, -0.2) is 0 Å². The van der Waals surface area contributed by atoms with Crippen molar-refractivity contribution in [1.82, 2.24) is 0 Å². The topological polar surface area (TPSA) is 29.5 Å². The maximum absolute atomic E-state index is 9.03. The molecule has 1 atom stereocenters. The lowest BCUT2D eigenvalue weighted by molar-refractivity contribution is -0.00159. The Morgan fingerprint density at radius 1 is 1.33 bits per heavy atom. The summed E-state index contributed by atoms with van der Waals surface area (Å²) in [6.45, 7) is 1.60. The second-order valence-corrected chi connectivity index (χ2v) is 4.59. The van der Waals surface area contributed by atoms with E-state index >= 15 is 0 Å². The van der Waals surface area contributed by atoms with Crippen molar-refractivity contribution in [3.05, 3.63) is 25.3 Å². The van der Waals surface area contributed by atoms with Crippen LogP contribution < -0.4 is 4.74 Å². The highest BCUT2D eigenvalue weighted by Gasteiger charge is 2.07. The van der Waals surface area contributed by atoms with Crippen LogP contribution in [0.25, 0.3) is 0 Å². The second kappa shape index (κ2) is 4.61. The summed E-state index contributed by atoms with van der Waals surface area (Å²) in [4.78, 5) is 0. The van der Waals surface area contributed by atoms with Gasteiger partial charge in [0.25, 0.3) is 0 Å². The molecule has 1 aromatic rings. The van der Waals surface area contributed by atoms with Gasteiger partial charge in [-0.1, -0.05) is 6.07 Å². The van der Waals surface area contributed by atoms with Crippen LogP contribution in [0.4, 0.5) is 0 Å². The Balaban J connectivity index is 2.96. The number of aliphatic hydroxyl groups excluding tert-OH is 1. The molecule has 0 aromatic heterocycles. The normalized spacial score (nSPS) is 12.7. The fraction of sp³-hybridized carbons (Fsp3) is 0.250. The van der Waals surface area contributed by atoms with Crippen molar-refractivity contribution in [3.8, 4) is 5.75 Å². The van der Waals surface area contributed by atoms with Crippen LogP contribution in [0.5, 0.6) is 5.75 Å². The van der Waals surface area contributed by atoms with E-state index in [4.69, 9.17) is 9.84 Å². The highest BCUT2D eigenvalue weighted by Crippen LogP contribution is 2.27. The molecule has 0 radical (unpaired) electrons. The number of aliphatic hydroxyl groups is 1. The van der Waals surface area contributed by atoms with Crippen LogP contribution >= 0.6 is 45.2 Å². The van der Waals surface area contributed by atoms with Crippen LogP contribution in [-0.2, 0) is 0 Å². The van der Waals surface area contributed by atoms with Gasteiger partial charge in [0.2, 0.25) is 0 Å². The fourth-order valence-electron chi connectivity index (χ4n) is 0.766. The Hall–Kier alpha value is 0.440. The first-order valence-corrected chi connectivity index (χ1v) is 5.55. The average molecular weight is 390 g/mol. The molecule has 1 N–H and O–H groups in total. The number of ether oxygens (including phenoxy) is 1. The minimum absolute atomic E-state index is 0.755. The summed E-state index contributed by atoms with van der Waals surface area (Å²) in [6, 6.07) is 5.85. The maximum atomic E-state index is 9.03. The predicted molar refractivity (Wildman–Crippen MR) is 64.2 cm³/mol. The van der Waals surface area contributed by atoms with Crippen LogP contribution in [0.3, 0.4) is 0 Å². The molecule has 0 aliphatic carbocycles. The number of para-hydroxylation sites is 1. The molecule has 0 saturated carbocycles. The Morgan fingerprint density at radius 2 is 1.83 bits per heavy atom.